The molecule has 2 aromatic carbocycles. The molecule has 1 aliphatic rings. The van der Waals surface area contributed by atoms with Gasteiger partial charge in [0.1, 0.15) is 12.4 Å². The molecule has 0 bridgehead atoms. The van der Waals surface area contributed by atoms with E-state index >= 15 is 0 Å². The lowest BCUT2D eigenvalue weighted by molar-refractivity contribution is -0.136. The van der Waals surface area contributed by atoms with Crippen molar-refractivity contribution in [3.63, 3.8) is 0 Å². The molecule has 0 spiro atoms. The van der Waals surface area contributed by atoms with E-state index in [4.69, 9.17) is 14.2 Å². The Hall–Kier alpha value is -2.84. The number of carbonyl (C=O) groups is 1. The van der Waals surface area contributed by atoms with Crippen molar-refractivity contribution in [2.24, 2.45) is 0 Å². The standard InChI is InChI=1S/C25H31NO6S/c1-4-5-14-31-15-16-32-23-9-6-19(7-10-23)20-8-11-24-22(17-20)18-21(25(27)30-2)12-13-26(24)33(3,28)29/h6-11,17-18H,4-5,12-16H2,1-3H3. The molecule has 3 rings (SSSR count). The zero-order valence-electron chi connectivity index (χ0n) is 19.4. The Morgan fingerprint density at radius 2 is 1.76 bits per heavy atom. The van der Waals surface area contributed by atoms with Crippen LogP contribution < -0.4 is 9.04 Å². The molecule has 0 radical (unpaired) electrons. The third kappa shape index (κ3) is 6.58. The van der Waals surface area contributed by atoms with Crippen molar-refractivity contribution in [2.45, 2.75) is 26.2 Å². The summed E-state index contributed by atoms with van der Waals surface area (Å²) in [5, 5.41) is 0. The van der Waals surface area contributed by atoms with Gasteiger partial charge in [-0.3, -0.25) is 4.31 Å². The van der Waals surface area contributed by atoms with Crippen LogP contribution in [0.15, 0.2) is 48.0 Å². The van der Waals surface area contributed by atoms with Crippen molar-refractivity contribution in [3.8, 4) is 16.9 Å². The Morgan fingerprint density at radius 1 is 1.03 bits per heavy atom. The highest BCUT2D eigenvalue weighted by Crippen LogP contribution is 2.34. The van der Waals surface area contributed by atoms with Crippen molar-refractivity contribution in [1.29, 1.82) is 0 Å². The van der Waals surface area contributed by atoms with Crippen LogP contribution in [0.5, 0.6) is 5.75 Å². The van der Waals surface area contributed by atoms with E-state index < -0.39 is 16.0 Å². The van der Waals surface area contributed by atoms with Crippen molar-refractivity contribution in [3.05, 3.63) is 53.6 Å². The summed E-state index contributed by atoms with van der Waals surface area (Å²) in [6.07, 6.45) is 5.32. The second-order valence-corrected chi connectivity index (χ2v) is 9.77. The Bertz CT molecular complexity index is 1090. The minimum atomic E-state index is -3.50. The molecule has 1 aliphatic heterocycles. The number of hydrogen-bond donors (Lipinski definition) is 0. The van der Waals surface area contributed by atoms with Gasteiger partial charge >= 0.3 is 5.97 Å². The van der Waals surface area contributed by atoms with E-state index in [2.05, 4.69) is 6.92 Å². The van der Waals surface area contributed by atoms with Gasteiger partial charge in [-0.25, -0.2) is 13.2 Å². The van der Waals surface area contributed by atoms with Crippen LogP contribution in [0, 0.1) is 0 Å². The Balaban J connectivity index is 1.81. The highest BCUT2D eigenvalue weighted by atomic mass is 32.2. The molecule has 33 heavy (non-hydrogen) atoms. The van der Waals surface area contributed by atoms with Gasteiger partial charge in [0.15, 0.2) is 0 Å². The van der Waals surface area contributed by atoms with Gasteiger partial charge in [0.05, 0.1) is 25.7 Å². The zero-order valence-corrected chi connectivity index (χ0v) is 20.2. The molecular weight excluding hydrogens is 442 g/mol. The lowest BCUT2D eigenvalue weighted by atomic mass is 10.0. The number of esters is 1. The summed E-state index contributed by atoms with van der Waals surface area (Å²) >= 11 is 0. The molecule has 0 atom stereocenters. The molecule has 0 N–H and O–H groups in total. The predicted octanol–water partition coefficient (Wildman–Crippen LogP) is 4.28. The summed E-state index contributed by atoms with van der Waals surface area (Å²) in [5.74, 6) is 0.297. The van der Waals surface area contributed by atoms with E-state index in [-0.39, 0.29) is 13.0 Å². The summed E-state index contributed by atoms with van der Waals surface area (Å²) in [6.45, 7) is 4.10. The first kappa shape index (κ1) is 24.8. The first-order valence-electron chi connectivity index (χ1n) is 11.0. The summed E-state index contributed by atoms with van der Waals surface area (Å²) in [4.78, 5) is 12.2. The van der Waals surface area contributed by atoms with Crippen molar-refractivity contribution in [1.82, 2.24) is 0 Å². The maximum absolute atomic E-state index is 12.4. The largest absolute Gasteiger partial charge is 0.491 e. The average Bonchev–Trinajstić information content (AvgIpc) is 3.00. The number of hydrogen-bond acceptors (Lipinski definition) is 6. The molecule has 0 unspecified atom stereocenters. The molecule has 0 aliphatic carbocycles. The van der Waals surface area contributed by atoms with Gasteiger partial charge in [-0.1, -0.05) is 31.5 Å². The van der Waals surface area contributed by atoms with Gasteiger partial charge in [-0.2, -0.15) is 0 Å². The summed E-state index contributed by atoms with van der Waals surface area (Å²) in [5.41, 5.74) is 3.49. The molecule has 178 valence electrons. The molecule has 7 nitrogen and oxygen atoms in total. The van der Waals surface area contributed by atoms with Crippen molar-refractivity contribution in [2.75, 3.05) is 44.0 Å². The number of unbranched alkanes of at least 4 members (excludes halogenated alkanes) is 1. The quantitative estimate of drug-likeness (QED) is 0.379. The number of anilines is 1. The number of ether oxygens (including phenoxy) is 3. The Kier molecular flexibility index (Phi) is 8.52. The number of methoxy groups -OCH3 is 1. The van der Waals surface area contributed by atoms with Crippen LogP contribution in [0.25, 0.3) is 17.2 Å². The van der Waals surface area contributed by atoms with E-state index in [1.54, 1.807) is 12.1 Å². The molecule has 8 heteroatoms. The van der Waals surface area contributed by atoms with Gasteiger partial charge in [0, 0.05) is 18.7 Å². The molecular formula is C25H31NO6S. The van der Waals surface area contributed by atoms with Gasteiger partial charge in [-0.15, -0.1) is 0 Å². The van der Waals surface area contributed by atoms with Gasteiger partial charge < -0.3 is 14.2 Å². The average molecular weight is 474 g/mol. The van der Waals surface area contributed by atoms with Gasteiger partial charge in [-0.05, 0) is 59.9 Å². The third-order valence-corrected chi connectivity index (χ3v) is 6.56. The van der Waals surface area contributed by atoms with E-state index in [1.165, 1.54) is 17.7 Å². The first-order chi connectivity index (χ1) is 15.8. The fourth-order valence-electron chi connectivity index (χ4n) is 3.63. The maximum atomic E-state index is 12.4. The maximum Gasteiger partial charge on any atom is 0.333 e. The summed E-state index contributed by atoms with van der Waals surface area (Å²) < 4.78 is 42.2. The monoisotopic (exact) mass is 473 g/mol. The fraction of sp³-hybridized carbons (Fsp3) is 0.400. The number of benzene rings is 2. The lowest BCUT2D eigenvalue weighted by Gasteiger charge is -2.22. The molecule has 0 fully saturated rings. The number of fused-ring (bicyclic) bond motifs is 1. The fourth-order valence-corrected chi connectivity index (χ4v) is 4.57. The van der Waals surface area contributed by atoms with Crippen molar-refractivity contribution < 1.29 is 27.4 Å². The van der Waals surface area contributed by atoms with Gasteiger partial charge in [0.25, 0.3) is 0 Å². The summed E-state index contributed by atoms with van der Waals surface area (Å²) in [7, 11) is -2.18. The highest BCUT2D eigenvalue weighted by Gasteiger charge is 2.25. The van der Waals surface area contributed by atoms with Crippen LogP contribution in [0.3, 0.4) is 0 Å². The van der Waals surface area contributed by atoms with Gasteiger partial charge in [0.2, 0.25) is 10.0 Å². The van der Waals surface area contributed by atoms with Crippen LogP contribution in [0.4, 0.5) is 5.69 Å². The second kappa shape index (κ2) is 11.3. The molecule has 0 amide bonds. The van der Waals surface area contributed by atoms with Crippen molar-refractivity contribution >= 4 is 27.8 Å². The lowest BCUT2D eigenvalue weighted by Crippen LogP contribution is -2.31. The van der Waals surface area contributed by atoms with Crippen LogP contribution >= 0.6 is 0 Å². The van der Waals surface area contributed by atoms with Crippen LogP contribution in [-0.4, -0.2) is 54.1 Å². The molecule has 0 saturated heterocycles. The Morgan fingerprint density at radius 3 is 2.42 bits per heavy atom. The Labute approximate surface area is 196 Å². The van der Waals surface area contributed by atoms with E-state index in [0.717, 1.165) is 36.3 Å². The van der Waals surface area contributed by atoms with E-state index in [9.17, 15) is 13.2 Å². The van der Waals surface area contributed by atoms with E-state index in [0.29, 0.717) is 30.0 Å². The minimum Gasteiger partial charge on any atom is -0.491 e. The highest BCUT2D eigenvalue weighted by molar-refractivity contribution is 7.92. The SMILES string of the molecule is CCCCOCCOc1ccc(-c2ccc3c(c2)C=C(C(=O)OC)CCN3S(C)(=O)=O)cc1. The number of rotatable bonds is 10. The smallest absolute Gasteiger partial charge is 0.333 e. The zero-order chi connectivity index (χ0) is 23.8. The third-order valence-electron chi connectivity index (χ3n) is 5.38. The number of sulfonamides is 1. The topological polar surface area (TPSA) is 82.1 Å². The molecule has 1 heterocycles. The molecule has 0 saturated carbocycles. The second-order valence-electron chi connectivity index (χ2n) is 7.86. The normalized spacial score (nSPS) is 13.7. The minimum absolute atomic E-state index is 0.181. The van der Waals surface area contributed by atoms with Crippen LogP contribution in [0.2, 0.25) is 0 Å². The predicted molar refractivity (Wildman–Crippen MR) is 130 cm³/mol. The number of nitrogens with zero attached hydrogens (tertiary/aromatic N) is 1. The van der Waals surface area contributed by atoms with Crippen LogP contribution in [0.1, 0.15) is 31.7 Å². The first-order valence-corrected chi connectivity index (χ1v) is 12.9. The molecule has 0 aromatic heterocycles. The summed E-state index contributed by atoms with van der Waals surface area (Å²) in [6, 6.07) is 13.2. The number of carbonyl (C=O) groups excluding carboxylic acids is 1. The van der Waals surface area contributed by atoms with Crippen LogP contribution in [-0.2, 0) is 24.3 Å². The van der Waals surface area contributed by atoms with E-state index in [1.807, 2.05) is 36.4 Å². The molecule has 2 aromatic rings.